The van der Waals surface area contributed by atoms with Crippen molar-refractivity contribution in [1.29, 1.82) is 0 Å². The number of methoxy groups -OCH3 is 1. The summed E-state index contributed by atoms with van der Waals surface area (Å²) in [6.07, 6.45) is 4.68. The number of rotatable bonds is 8. The molecule has 0 N–H and O–H groups in total. The van der Waals surface area contributed by atoms with Crippen molar-refractivity contribution in [2.45, 2.75) is 51.5 Å². The first-order chi connectivity index (χ1) is 12.9. The quantitative estimate of drug-likeness (QED) is 0.386. The van der Waals surface area contributed by atoms with Crippen LogP contribution in [0.15, 0.2) is 6.07 Å². The summed E-state index contributed by atoms with van der Waals surface area (Å²) in [5.74, 6) is -6.61. The van der Waals surface area contributed by atoms with Crippen molar-refractivity contribution < 1.29 is 32.2 Å². The zero-order valence-corrected chi connectivity index (χ0v) is 15.5. The first-order valence-corrected chi connectivity index (χ1v) is 9.11. The molecule has 1 amide bonds. The van der Waals surface area contributed by atoms with Gasteiger partial charge in [-0.1, -0.05) is 26.2 Å². The zero-order valence-electron chi connectivity index (χ0n) is 15.5. The minimum Gasteiger partial charge on any atom is -0.491 e. The maximum Gasteiger partial charge on any atom is 0.328 e. The molecule has 0 spiro atoms. The highest BCUT2D eigenvalue weighted by atomic mass is 19.2. The predicted octanol–water partition coefficient (Wildman–Crippen LogP) is 3.84. The van der Waals surface area contributed by atoms with Crippen LogP contribution in [0.4, 0.5) is 13.2 Å². The van der Waals surface area contributed by atoms with Crippen molar-refractivity contribution in [2.24, 2.45) is 0 Å². The van der Waals surface area contributed by atoms with Crippen molar-refractivity contribution in [3.05, 3.63) is 29.1 Å². The zero-order chi connectivity index (χ0) is 20.0. The maximum absolute atomic E-state index is 14.4. The van der Waals surface area contributed by atoms with E-state index in [4.69, 9.17) is 4.74 Å². The van der Waals surface area contributed by atoms with Crippen LogP contribution in [0.25, 0.3) is 0 Å². The highest BCUT2D eigenvalue weighted by Crippen LogP contribution is 2.30. The van der Waals surface area contributed by atoms with Crippen LogP contribution in [0.3, 0.4) is 0 Å². The van der Waals surface area contributed by atoms with Gasteiger partial charge in [0.2, 0.25) is 5.82 Å². The molecule has 1 aliphatic heterocycles. The fraction of sp³-hybridized carbons (Fsp3) is 0.579. The molecule has 1 aromatic rings. The summed E-state index contributed by atoms with van der Waals surface area (Å²) in [5, 5.41) is 0. The number of hydrogen-bond acceptors (Lipinski definition) is 4. The van der Waals surface area contributed by atoms with Crippen LogP contribution in [-0.4, -0.2) is 43.1 Å². The second-order valence-corrected chi connectivity index (χ2v) is 6.45. The average Bonchev–Trinajstić information content (AvgIpc) is 3.14. The molecule has 5 nitrogen and oxygen atoms in total. The van der Waals surface area contributed by atoms with E-state index in [0.29, 0.717) is 18.9 Å². The van der Waals surface area contributed by atoms with Gasteiger partial charge in [0.25, 0.3) is 5.91 Å². The number of likely N-dealkylation sites (tertiary alicyclic amines) is 1. The van der Waals surface area contributed by atoms with E-state index < -0.39 is 46.7 Å². The molecule has 2 rings (SSSR count). The highest BCUT2D eigenvalue weighted by Gasteiger charge is 2.37. The van der Waals surface area contributed by atoms with Gasteiger partial charge in [0, 0.05) is 6.54 Å². The van der Waals surface area contributed by atoms with Crippen LogP contribution in [0.5, 0.6) is 5.75 Å². The first kappa shape index (κ1) is 21.1. The molecule has 1 heterocycles. The van der Waals surface area contributed by atoms with Crippen LogP contribution < -0.4 is 4.74 Å². The van der Waals surface area contributed by atoms with Gasteiger partial charge >= 0.3 is 5.97 Å². The molecule has 0 bridgehead atoms. The Bertz CT molecular complexity index is 696. The second-order valence-electron chi connectivity index (χ2n) is 6.45. The lowest BCUT2D eigenvalue weighted by Gasteiger charge is -2.24. The lowest BCUT2D eigenvalue weighted by Crippen LogP contribution is -2.42. The monoisotopic (exact) mass is 387 g/mol. The van der Waals surface area contributed by atoms with E-state index in [-0.39, 0.29) is 13.2 Å². The summed E-state index contributed by atoms with van der Waals surface area (Å²) in [4.78, 5) is 26.1. The van der Waals surface area contributed by atoms with E-state index in [9.17, 15) is 22.8 Å². The normalized spacial score (nSPS) is 16.5. The predicted molar refractivity (Wildman–Crippen MR) is 92.0 cm³/mol. The Morgan fingerprint density at radius 2 is 1.93 bits per heavy atom. The third-order valence-corrected chi connectivity index (χ3v) is 4.58. The Morgan fingerprint density at radius 3 is 2.59 bits per heavy atom. The number of ether oxygens (including phenoxy) is 2. The second kappa shape index (κ2) is 9.62. The Kier molecular flexibility index (Phi) is 7.50. The summed E-state index contributed by atoms with van der Waals surface area (Å²) in [7, 11) is 0.976. The molecular weight excluding hydrogens is 363 g/mol. The number of carbonyl (C=O) groups excluding carboxylic acids is 2. The summed E-state index contributed by atoms with van der Waals surface area (Å²) < 4.78 is 51.4. The molecule has 0 saturated carbocycles. The van der Waals surface area contributed by atoms with Crippen LogP contribution in [0.2, 0.25) is 0 Å². The fourth-order valence-corrected chi connectivity index (χ4v) is 3.12. The van der Waals surface area contributed by atoms with E-state index in [1.165, 1.54) is 0 Å². The van der Waals surface area contributed by atoms with Gasteiger partial charge in [-0.3, -0.25) is 4.79 Å². The van der Waals surface area contributed by atoms with Gasteiger partial charge in [0.1, 0.15) is 6.04 Å². The number of benzene rings is 1. The Balaban J connectivity index is 2.11. The molecule has 150 valence electrons. The third-order valence-electron chi connectivity index (χ3n) is 4.58. The minimum absolute atomic E-state index is 0.204. The first-order valence-electron chi connectivity index (χ1n) is 9.11. The Morgan fingerprint density at radius 1 is 1.19 bits per heavy atom. The van der Waals surface area contributed by atoms with E-state index in [1.807, 2.05) is 0 Å². The molecule has 27 heavy (non-hydrogen) atoms. The number of esters is 1. The van der Waals surface area contributed by atoms with Crippen LogP contribution in [0.1, 0.15) is 55.8 Å². The van der Waals surface area contributed by atoms with E-state index in [2.05, 4.69) is 11.7 Å². The number of nitrogens with zero attached hydrogens (tertiary/aromatic N) is 1. The van der Waals surface area contributed by atoms with Crippen LogP contribution in [-0.2, 0) is 9.53 Å². The van der Waals surface area contributed by atoms with E-state index >= 15 is 0 Å². The van der Waals surface area contributed by atoms with Gasteiger partial charge < -0.3 is 14.4 Å². The molecule has 8 heteroatoms. The van der Waals surface area contributed by atoms with Crippen molar-refractivity contribution in [2.75, 3.05) is 20.3 Å². The number of unbranched alkanes of at least 4 members (excludes halogenated alkanes) is 3. The van der Waals surface area contributed by atoms with Crippen LogP contribution in [0, 0.1) is 17.5 Å². The lowest BCUT2D eigenvalue weighted by atomic mass is 10.1. The summed E-state index contributed by atoms with van der Waals surface area (Å²) in [6, 6.07) is -0.372. The maximum atomic E-state index is 14.4. The number of amides is 1. The summed E-state index contributed by atoms with van der Waals surface area (Å²) >= 11 is 0. The Labute approximate surface area is 156 Å². The molecule has 1 saturated heterocycles. The third kappa shape index (κ3) is 4.73. The van der Waals surface area contributed by atoms with E-state index in [0.717, 1.165) is 37.7 Å². The molecule has 0 radical (unpaired) electrons. The average molecular weight is 387 g/mol. The molecule has 1 atom stereocenters. The summed E-state index contributed by atoms with van der Waals surface area (Å²) in [5.41, 5.74) is -0.673. The van der Waals surface area contributed by atoms with Gasteiger partial charge in [0.15, 0.2) is 17.4 Å². The smallest absolute Gasteiger partial charge is 0.328 e. The van der Waals surface area contributed by atoms with Crippen molar-refractivity contribution in [1.82, 2.24) is 4.90 Å². The van der Waals surface area contributed by atoms with Crippen molar-refractivity contribution in [3.8, 4) is 5.75 Å². The van der Waals surface area contributed by atoms with Crippen molar-refractivity contribution >= 4 is 11.9 Å². The van der Waals surface area contributed by atoms with Gasteiger partial charge in [-0.15, -0.1) is 0 Å². The molecule has 1 aliphatic rings. The van der Waals surface area contributed by atoms with E-state index in [1.54, 1.807) is 0 Å². The Hall–Kier alpha value is -2.25. The molecule has 1 fully saturated rings. The van der Waals surface area contributed by atoms with Gasteiger partial charge in [-0.2, -0.15) is 4.39 Å². The largest absolute Gasteiger partial charge is 0.491 e. The molecule has 0 aromatic heterocycles. The van der Waals surface area contributed by atoms with Crippen LogP contribution >= 0.6 is 0 Å². The standard InChI is InChI=1S/C19H24F3NO4/c1-3-4-5-6-10-27-19(25)14-8-7-9-23(14)18(24)12-11-13(20)16(22)17(26-2)15(12)21/h11,14H,3-10H2,1-2H3. The number of halogens is 3. The van der Waals surface area contributed by atoms with Crippen molar-refractivity contribution in [3.63, 3.8) is 0 Å². The minimum atomic E-state index is -1.50. The SMILES string of the molecule is CCCCCCOC(=O)C1CCCN1C(=O)c1cc(F)c(F)c(OC)c1F. The molecule has 1 aromatic carbocycles. The molecular formula is C19H24F3NO4. The van der Waals surface area contributed by atoms with Gasteiger partial charge in [0.05, 0.1) is 19.3 Å². The number of carbonyl (C=O) groups is 2. The summed E-state index contributed by atoms with van der Waals surface area (Å²) in [6.45, 7) is 2.53. The van der Waals surface area contributed by atoms with Gasteiger partial charge in [-0.25, -0.2) is 13.6 Å². The highest BCUT2D eigenvalue weighted by molar-refractivity contribution is 5.97. The molecule has 0 aliphatic carbocycles. The molecule has 1 unspecified atom stereocenters. The fourth-order valence-electron chi connectivity index (χ4n) is 3.12. The number of hydrogen-bond donors (Lipinski definition) is 0. The lowest BCUT2D eigenvalue weighted by molar-refractivity contribution is -0.148. The van der Waals surface area contributed by atoms with Gasteiger partial charge in [-0.05, 0) is 25.3 Å². The topological polar surface area (TPSA) is 55.8 Å².